The van der Waals surface area contributed by atoms with Crippen molar-refractivity contribution in [1.29, 1.82) is 0 Å². The Morgan fingerprint density at radius 3 is 1.47 bits per heavy atom. The van der Waals surface area contributed by atoms with Crippen LogP contribution in [-0.2, 0) is 4.79 Å². The molecule has 0 aromatic carbocycles. The van der Waals surface area contributed by atoms with Crippen molar-refractivity contribution in [3.63, 3.8) is 0 Å². The third-order valence-corrected chi connectivity index (χ3v) is 3.86. The average molecular weight is 415 g/mol. The molecule has 3 N–H and O–H groups in total. The molecule has 0 atom stereocenters. The number of rotatable bonds is 17. The van der Waals surface area contributed by atoms with Crippen LogP contribution in [0.25, 0.3) is 0 Å². The van der Waals surface area contributed by atoms with Crippen molar-refractivity contribution in [2.45, 2.75) is 58.3 Å². The minimum Gasteiger partial charge on any atom is -0.465 e. The van der Waals surface area contributed by atoms with Crippen molar-refractivity contribution in [3.05, 3.63) is 72.9 Å². The Labute approximate surface area is 182 Å². The largest absolute Gasteiger partial charge is 0.465 e. The van der Waals surface area contributed by atoms with Gasteiger partial charge in [-0.3, -0.25) is 4.79 Å². The summed E-state index contributed by atoms with van der Waals surface area (Å²) >= 11 is 0. The molecule has 166 valence electrons. The van der Waals surface area contributed by atoms with Crippen LogP contribution in [-0.4, -0.2) is 30.2 Å². The number of amides is 2. The van der Waals surface area contributed by atoms with Crippen molar-refractivity contribution < 1.29 is 14.7 Å². The third kappa shape index (κ3) is 23.2. The fraction of sp³-hybridized carbons (Fsp3) is 0.440. The van der Waals surface area contributed by atoms with Gasteiger partial charge in [-0.15, -0.1) is 0 Å². The molecule has 0 aromatic heterocycles. The summed E-state index contributed by atoms with van der Waals surface area (Å²) in [6, 6.07) is 0. The highest BCUT2D eigenvalue weighted by molar-refractivity contribution is 5.76. The topological polar surface area (TPSA) is 78.4 Å². The molecule has 0 aliphatic carbocycles. The maximum atomic E-state index is 11.5. The minimum atomic E-state index is -1.08. The van der Waals surface area contributed by atoms with Gasteiger partial charge in [-0.2, -0.15) is 0 Å². The lowest BCUT2D eigenvalue weighted by molar-refractivity contribution is -0.120. The first-order chi connectivity index (χ1) is 14.7. The quantitative estimate of drug-likeness (QED) is 0.206. The lowest BCUT2D eigenvalue weighted by atomic mass is 10.2. The molecule has 2 amide bonds. The zero-order chi connectivity index (χ0) is 22.1. The summed E-state index contributed by atoms with van der Waals surface area (Å²) in [5.74, 6) is -0.0679. The van der Waals surface area contributed by atoms with E-state index in [4.69, 9.17) is 5.11 Å². The summed E-state index contributed by atoms with van der Waals surface area (Å²) in [5.41, 5.74) is 0. The highest BCUT2D eigenvalue weighted by Crippen LogP contribution is 1.97. The SMILES string of the molecule is CC/C=C\C/C=C\C/C=C\C/C=C\C/C=C\C/C=C\CCC(=O)NCCNC(=O)O. The number of carboxylic acid groups (broad SMARTS) is 1. The normalized spacial score (nSPS) is 12.4. The maximum absolute atomic E-state index is 11.5. The smallest absolute Gasteiger partial charge is 0.404 e. The van der Waals surface area contributed by atoms with Crippen LogP contribution in [0.5, 0.6) is 0 Å². The van der Waals surface area contributed by atoms with Gasteiger partial charge in [-0.05, 0) is 44.9 Å². The molecule has 0 fully saturated rings. The number of hydrogen-bond donors (Lipinski definition) is 3. The predicted octanol–water partition coefficient (Wildman–Crippen LogP) is 5.85. The molecule has 0 rings (SSSR count). The molecule has 5 heteroatoms. The summed E-state index contributed by atoms with van der Waals surface area (Å²) < 4.78 is 0. The van der Waals surface area contributed by atoms with Crippen LogP contribution < -0.4 is 10.6 Å². The Bertz CT molecular complexity index is 614. The Balaban J connectivity index is 3.56. The van der Waals surface area contributed by atoms with Crippen LogP contribution in [0.15, 0.2) is 72.9 Å². The fourth-order valence-corrected chi connectivity index (χ4v) is 2.31. The summed E-state index contributed by atoms with van der Waals surface area (Å²) in [4.78, 5) is 21.8. The van der Waals surface area contributed by atoms with E-state index < -0.39 is 6.09 Å². The Hall–Kier alpha value is -2.82. The highest BCUT2D eigenvalue weighted by Gasteiger charge is 1.99. The average Bonchev–Trinajstić information content (AvgIpc) is 2.72. The molecule has 0 saturated heterocycles. The summed E-state index contributed by atoms with van der Waals surface area (Å²) in [7, 11) is 0. The minimum absolute atomic E-state index is 0.0679. The van der Waals surface area contributed by atoms with Crippen molar-refractivity contribution in [2.24, 2.45) is 0 Å². The van der Waals surface area contributed by atoms with E-state index in [1.165, 1.54) is 0 Å². The van der Waals surface area contributed by atoms with Crippen molar-refractivity contribution in [3.8, 4) is 0 Å². The van der Waals surface area contributed by atoms with E-state index in [9.17, 15) is 9.59 Å². The zero-order valence-electron chi connectivity index (χ0n) is 18.3. The van der Waals surface area contributed by atoms with E-state index in [-0.39, 0.29) is 12.5 Å². The van der Waals surface area contributed by atoms with Gasteiger partial charge >= 0.3 is 6.09 Å². The summed E-state index contributed by atoms with van der Waals surface area (Å²) in [6.45, 7) is 2.68. The lowest BCUT2D eigenvalue weighted by Gasteiger charge is -2.03. The van der Waals surface area contributed by atoms with Gasteiger partial charge in [0.1, 0.15) is 0 Å². The van der Waals surface area contributed by atoms with Gasteiger partial charge < -0.3 is 15.7 Å². The molecule has 0 aliphatic rings. The first kappa shape index (κ1) is 27.2. The molecule has 0 saturated carbocycles. The van der Waals surface area contributed by atoms with Gasteiger partial charge in [0.15, 0.2) is 0 Å². The standard InChI is InChI=1S/C25H38N2O3/c1-2-3-4-5-6-7-8-9-10-11-12-13-14-15-16-17-18-19-20-21-24(28)26-22-23-27-25(29)30/h3-4,6-7,9-10,12-13,15-16,18-19,27H,2,5,8,11,14,17,20-23H2,1H3,(H,26,28)(H,29,30)/b4-3-,7-6-,10-9-,13-12-,16-15-,19-18-. The van der Waals surface area contributed by atoms with Crippen LogP contribution in [0.4, 0.5) is 4.79 Å². The molecule has 0 spiro atoms. The van der Waals surface area contributed by atoms with Gasteiger partial charge in [0.25, 0.3) is 0 Å². The second kappa shape index (κ2) is 22.5. The summed E-state index contributed by atoms with van der Waals surface area (Å²) in [6.07, 6.45) is 31.7. The van der Waals surface area contributed by atoms with E-state index in [0.29, 0.717) is 19.4 Å². The van der Waals surface area contributed by atoms with Gasteiger partial charge in [0.05, 0.1) is 0 Å². The molecular weight excluding hydrogens is 376 g/mol. The van der Waals surface area contributed by atoms with Gasteiger partial charge in [-0.1, -0.05) is 79.8 Å². The van der Waals surface area contributed by atoms with Gasteiger partial charge in [0, 0.05) is 19.5 Å². The van der Waals surface area contributed by atoms with Gasteiger partial charge in [0.2, 0.25) is 5.91 Å². The van der Waals surface area contributed by atoms with Crippen LogP contribution >= 0.6 is 0 Å². The molecule has 0 bridgehead atoms. The summed E-state index contributed by atoms with van der Waals surface area (Å²) in [5, 5.41) is 13.3. The van der Waals surface area contributed by atoms with Crippen LogP contribution in [0.3, 0.4) is 0 Å². The molecule has 0 unspecified atom stereocenters. The molecule has 5 nitrogen and oxygen atoms in total. The zero-order valence-corrected chi connectivity index (χ0v) is 18.3. The van der Waals surface area contributed by atoms with Gasteiger partial charge in [-0.25, -0.2) is 4.79 Å². The predicted molar refractivity (Wildman–Crippen MR) is 126 cm³/mol. The van der Waals surface area contributed by atoms with Crippen LogP contribution in [0.2, 0.25) is 0 Å². The number of nitrogens with one attached hydrogen (secondary N) is 2. The van der Waals surface area contributed by atoms with E-state index in [2.05, 4.69) is 78.3 Å². The highest BCUT2D eigenvalue weighted by atomic mass is 16.4. The number of allylic oxidation sites excluding steroid dienone is 12. The number of carbonyl (C=O) groups is 2. The monoisotopic (exact) mass is 414 g/mol. The van der Waals surface area contributed by atoms with E-state index in [0.717, 1.165) is 38.5 Å². The fourth-order valence-electron chi connectivity index (χ4n) is 2.31. The second-order valence-corrected chi connectivity index (χ2v) is 6.54. The lowest BCUT2D eigenvalue weighted by Crippen LogP contribution is -2.33. The molecule has 0 aliphatic heterocycles. The Morgan fingerprint density at radius 2 is 1.03 bits per heavy atom. The first-order valence-electron chi connectivity index (χ1n) is 10.8. The van der Waals surface area contributed by atoms with Crippen molar-refractivity contribution in [2.75, 3.05) is 13.1 Å². The maximum Gasteiger partial charge on any atom is 0.404 e. The van der Waals surface area contributed by atoms with Crippen LogP contribution in [0.1, 0.15) is 58.3 Å². The number of carbonyl (C=O) groups excluding carboxylic acids is 1. The van der Waals surface area contributed by atoms with Crippen molar-refractivity contribution >= 4 is 12.0 Å². The molecular formula is C25H38N2O3. The second-order valence-electron chi connectivity index (χ2n) is 6.54. The first-order valence-corrected chi connectivity index (χ1v) is 10.8. The third-order valence-electron chi connectivity index (χ3n) is 3.86. The molecule has 0 aromatic rings. The van der Waals surface area contributed by atoms with Crippen LogP contribution in [0, 0.1) is 0 Å². The molecule has 30 heavy (non-hydrogen) atoms. The Kier molecular flexibility index (Phi) is 20.4. The number of hydrogen-bond acceptors (Lipinski definition) is 2. The van der Waals surface area contributed by atoms with E-state index in [1.54, 1.807) is 0 Å². The van der Waals surface area contributed by atoms with Crippen molar-refractivity contribution in [1.82, 2.24) is 10.6 Å². The van der Waals surface area contributed by atoms with E-state index in [1.807, 2.05) is 12.2 Å². The van der Waals surface area contributed by atoms with E-state index >= 15 is 0 Å². The Morgan fingerprint density at radius 1 is 0.633 bits per heavy atom. The molecule has 0 radical (unpaired) electrons. The molecule has 0 heterocycles.